The van der Waals surface area contributed by atoms with Crippen LogP contribution in [0.5, 0.6) is 0 Å². The van der Waals surface area contributed by atoms with Crippen LogP contribution in [0.25, 0.3) is 0 Å². The first kappa shape index (κ1) is 15.0. The summed E-state index contributed by atoms with van der Waals surface area (Å²) in [5, 5.41) is 20.6. The van der Waals surface area contributed by atoms with Crippen molar-refractivity contribution < 1.29 is 13.5 Å². The normalized spacial score (nSPS) is 34.1. The largest absolute Gasteiger partial charge is 0.388 e. The van der Waals surface area contributed by atoms with Crippen molar-refractivity contribution in [2.24, 2.45) is 5.41 Å². The summed E-state index contributed by atoms with van der Waals surface area (Å²) in [5.74, 6) is -0.227. The SMILES string of the molecule is N#CC1(C2(O)CCc3cc(Br)ccc3C2)CCS(=O)(=O)C1. The molecule has 0 bridgehead atoms. The zero-order valence-electron chi connectivity index (χ0n) is 11.5. The lowest BCUT2D eigenvalue weighted by Crippen LogP contribution is -2.52. The van der Waals surface area contributed by atoms with Gasteiger partial charge in [-0.2, -0.15) is 5.26 Å². The van der Waals surface area contributed by atoms with Crippen molar-refractivity contribution in [2.45, 2.75) is 31.3 Å². The Kier molecular flexibility index (Phi) is 3.43. The molecule has 0 aromatic heterocycles. The molecule has 0 radical (unpaired) electrons. The molecule has 4 nitrogen and oxygen atoms in total. The maximum Gasteiger partial charge on any atom is 0.152 e. The number of halogens is 1. The van der Waals surface area contributed by atoms with Crippen molar-refractivity contribution in [1.82, 2.24) is 0 Å². The third-order valence-electron chi connectivity index (χ3n) is 4.87. The molecule has 2 unspecified atom stereocenters. The number of sulfone groups is 1. The van der Waals surface area contributed by atoms with Crippen LogP contribution in [0.3, 0.4) is 0 Å². The zero-order valence-corrected chi connectivity index (χ0v) is 13.9. The standard InChI is InChI=1S/C15H16BrNO3S/c16-13-2-1-12-8-15(18,4-3-11(12)7-13)14(9-17)5-6-21(19,20)10-14/h1-2,7,18H,3-6,8,10H2. The molecule has 2 aliphatic rings. The molecule has 1 aromatic carbocycles. The molecular formula is C15H16BrNO3S. The molecule has 1 aliphatic heterocycles. The van der Waals surface area contributed by atoms with Crippen molar-refractivity contribution in [2.75, 3.05) is 11.5 Å². The molecule has 1 fully saturated rings. The van der Waals surface area contributed by atoms with Crippen LogP contribution in [0, 0.1) is 16.7 Å². The summed E-state index contributed by atoms with van der Waals surface area (Å²) in [6.07, 6.45) is 1.67. The predicted octanol–water partition coefficient (Wildman–Crippen LogP) is 2.00. The Balaban J connectivity index is 1.99. The van der Waals surface area contributed by atoms with Crippen LogP contribution in [0.15, 0.2) is 22.7 Å². The Morgan fingerprint density at radius 1 is 1.29 bits per heavy atom. The van der Waals surface area contributed by atoms with Crippen molar-refractivity contribution in [3.63, 3.8) is 0 Å². The average molecular weight is 370 g/mol. The lowest BCUT2D eigenvalue weighted by molar-refractivity contribution is -0.0546. The van der Waals surface area contributed by atoms with Gasteiger partial charge in [-0.1, -0.05) is 22.0 Å². The van der Waals surface area contributed by atoms with Gasteiger partial charge in [0, 0.05) is 10.9 Å². The van der Waals surface area contributed by atoms with Crippen LogP contribution in [0.4, 0.5) is 0 Å². The van der Waals surface area contributed by atoms with Gasteiger partial charge in [-0.25, -0.2) is 8.42 Å². The molecule has 1 heterocycles. The minimum absolute atomic E-state index is 0.00390. The Morgan fingerprint density at radius 2 is 2.05 bits per heavy atom. The highest BCUT2D eigenvalue weighted by Crippen LogP contribution is 2.48. The molecule has 1 aromatic rings. The van der Waals surface area contributed by atoms with E-state index in [1.807, 2.05) is 18.2 Å². The van der Waals surface area contributed by atoms with Crippen LogP contribution in [-0.4, -0.2) is 30.6 Å². The van der Waals surface area contributed by atoms with Gasteiger partial charge in [0.25, 0.3) is 0 Å². The first-order valence-electron chi connectivity index (χ1n) is 6.91. The van der Waals surface area contributed by atoms with Gasteiger partial charge in [0.2, 0.25) is 0 Å². The Hall–Kier alpha value is -0.900. The van der Waals surface area contributed by atoms with Crippen molar-refractivity contribution in [3.05, 3.63) is 33.8 Å². The number of aliphatic hydroxyl groups is 1. The summed E-state index contributed by atoms with van der Waals surface area (Å²) in [4.78, 5) is 0. The summed E-state index contributed by atoms with van der Waals surface area (Å²) in [6.45, 7) is 0. The molecule has 3 rings (SSSR count). The summed E-state index contributed by atoms with van der Waals surface area (Å²) in [7, 11) is -3.23. The molecule has 112 valence electrons. The van der Waals surface area contributed by atoms with Crippen LogP contribution >= 0.6 is 15.9 Å². The smallest absolute Gasteiger partial charge is 0.152 e. The third kappa shape index (κ3) is 2.41. The Labute approximate surface area is 132 Å². The number of fused-ring (bicyclic) bond motifs is 1. The number of nitrogens with zero attached hydrogens (tertiary/aromatic N) is 1. The average Bonchev–Trinajstić information content (AvgIpc) is 2.76. The minimum atomic E-state index is -3.23. The second kappa shape index (κ2) is 4.80. The molecule has 1 aliphatic carbocycles. The fourth-order valence-corrected chi connectivity index (χ4v) is 6.00. The Morgan fingerprint density at radius 3 is 2.67 bits per heavy atom. The van der Waals surface area contributed by atoms with E-state index in [1.54, 1.807) is 0 Å². The van der Waals surface area contributed by atoms with E-state index in [9.17, 15) is 18.8 Å². The van der Waals surface area contributed by atoms with E-state index in [0.29, 0.717) is 19.3 Å². The molecule has 0 saturated carbocycles. The lowest BCUT2D eigenvalue weighted by atomic mass is 9.64. The van der Waals surface area contributed by atoms with E-state index in [0.717, 1.165) is 15.6 Å². The molecule has 6 heteroatoms. The number of rotatable bonds is 1. The number of benzene rings is 1. The molecule has 1 N–H and O–H groups in total. The fraction of sp³-hybridized carbons (Fsp3) is 0.533. The highest BCUT2D eigenvalue weighted by atomic mass is 79.9. The van der Waals surface area contributed by atoms with Crippen molar-refractivity contribution >= 4 is 25.8 Å². The van der Waals surface area contributed by atoms with Crippen molar-refractivity contribution in [3.8, 4) is 6.07 Å². The number of hydrogen-bond acceptors (Lipinski definition) is 4. The lowest BCUT2D eigenvalue weighted by Gasteiger charge is -2.43. The second-order valence-electron chi connectivity index (χ2n) is 6.16. The van der Waals surface area contributed by atoms with Crippen LogP contribution in [-0.2, 0) is 22.7 Å². The molecule has 0 spiro atoms. The molecule has 21 heavy (non-hydrogen) atoms. The first-order valence-corrected chi connectivity index (χ1v) is 9.52. The van der Waals surface area contributed by atoms with E-state index in [1.165, 1.54) is 0 Å². The highest BCUT2D eigenvalue weighted by molar-refractivity contribution is 9.10. The monoisotopic (exact) mass is 369 g/mol. The summed E-state index contributed by atoms with van der Waals surface area (Å²) in [6, 6.07) is 8.03. The van der Waals surface area contributed by atoms with Gasteiger partial charge in [0.05, 0.1) is 23.2 Å². The van der Waals surface area contributed by atoms with E-state index >= 15 is 0 Å². The Bertz CT molecular complexity index is 740. The molecular weight excluding hydrogens is 354 g/mol. The van der Waals surface area contributed by atoms with Gasteiger partial charge in [-0.3, -0.25) is 0 Å². The van der Waals surface area contributed by atoms with Gasteiger partial charge in [-0.05, 0) is 42.5 Å². The molecule has 0 amide bonds. The molecule has 2 atom stereocenters. The van der Waals surface area contributed by atoms with Gasteiger partial charge >= 0.3 is 0 Å². The topological polar surface area (TPSA) is 78.2 Å². The number of aryl methyl sites for hydroxylation is 1. The maximum atomic E-state index is 11.8. The maximum absolute atomic E-state index is 11.8. The van der Waals surface area contributed by atoms with Gasteiger partial charge in [0.1, 0.15) is 5.41 Å². The van der Waals surface area contributed by atoms with E-state index < -0.39 is 20.9 Å². The quantitative estimate of drug-likeness (QED) is 0.820. The highest BCUT2D eigenvalue weighted by Gasteiger charge is 2.57. The molecule has 1 saturated heterocycles. The first-order chi connectivity index (χ1) is 9.79. The zero-order chi connectivity index (χ0) is 15.3. The third-order valence-corrected chi connectivity index (χ3v) is 7.12. The van der Waals surface area contributed by atoms with Crippen LogP contribution in [0.1, 0.15) is 24.0 Å². The predicted molar refractivity (Wildman–Crippen MR) is 82.4 cm³/mol. The van der Waals surface area contributed by atoms with Gasteiger partial charge < -0.3 is 5.11 Å². The van der Waals surface area contributed by atoms with Crippen molar-refractivity contribution in [1.29, 1.82) is 5.26 Å². The van der Waals surface area contributed by atoms with E-state index in [2.05, 4.69) is 22.0 Å². The summed E-state index contributed by atoms with van der Waals surface area (Å²) in [5.41, 5.74) is -0.267. The summed E-state index contributed by atoms with van der Waals surface area (Å²) >= 11 is 3.43. The van der Waals surface area contributed by atoms with Gasteiger partial charge in [0.15, 0.2) is 9.84 Å². The van der Waals surface area contributed by atoms with E-state index in [4.69, 9.17) is 0 Å². The van der Waals surface area contributed by atoms with Crippen LogP contribution < -0.4 is 0 Å². The number of hydrogen-bond donors (Lipinski definition) is 1. The van der Waals surface area contributed by atoms with Crippen LogP contribution in [0.2, 0.25) is 0 Å². The fourth-order valence-electron chi connectivity index (χ4n) is 3.56. The number of nitriles is 1. The van der Waals surface area contributed by atoms with E-state index in [-0.39, 0.29) is 17.9 Å². The summed E-state index contributed by atoms with van der Waals surface area (Å²) < 4.78 is 24.6. The second-order valence-corrected chi connectivity index (χ2v) is 9.26. The minimum Gasteiger partial charge on any atom is -0.388 e. The van der Waals surface area contributed by atoms with Gasteiger partial charge in [-0.15, -0.1) is 0 Å².